The highest BCUT2D eigenvalue weighted by Gasteiger charge is 2.43. The van der Waals surface area contributed by atoms with Crippen LogP contribution < -0.4 is 5.32 Å². The van der Waals surface area contributed by atoms with Crippen LogP contribution in [0.5, 0.6) is 0 Å². The van der Waals surface area contributed by atoms with Gasteiger partial charge in [-0.2, -0.15) is 0 Å². The van der Waals surface area contributed by atoms with Gasteiger partial charge < -0.3 is 5.32 Å². The molecule has 1 amide bonds. The van der Waals surface area contributed by atoms with Gasteiger partial charge >= 0.3 is 0 Å². The lowest BCUT2D eigenvalue weighted by Crippen LogP contribution is -2.25. The molecule has 1 aliphatic carbocycles. The fourth-order valence-electron chi connectivity index (χ4n) is 3.21. The van der Waals surface area contributed by atoms with E-state index in [-0.39, 0.29) is 23.6 Å². The summed E-state index contributed by atoms with van der Waals surface area (Å²) in [6, 6.07) is 10.2. The van der Waals surface area contributed by atoms with Gasteiger partial charge in [-0.15, -0.1) is 0 Å². The molecule has 0 saturated heterocycles. The standard InChI is InChI=1S/C20H19FN4O/c1-13-22-8-9-25(13)19-10-14(6-7-23-19)12-24-20(26)18-11-17(18)15-2-4-16(21)5-3-15/h2-10,17-18H,11-12H2,1H3,(H,24,26). The summed E-state index contributed by atoms with van der Waals surface area (Å²) in [6.45, 7) is 2.37. The number of nitrogens with one attached hydrogen (secondary N) is 1. The average molecular weight is 350 g/mol. The Morgan fingerprint density at radius 1 is 1.23 bits per heavy atom. The van der Waals surface area contributed by atoms with Crippen molar-refractivity contribution in [3.63, 3.8) is 0 Å². The van der Waals surface area contributed by atoms with E-state index >= 15 is 0 Å². The van der Waals surface area contributed by atoms with Crippen LogP contribution in [0.3, 0.4) is 0 Å². The molecule has 2 aromatic heterocycles. The third kappa shape index (κ3) is 3.35. The van der Waals surface area contributed by atoms with Gasteiger partial charge in [0.1, 0.15) is 17.5 Å². The lowest BCUT2D eigenvalue weighted by Gasteiger charge is -2.08. The number of hydrogen-bond donors (Lipinski definition) is 1. The van der Waals surface area contributed by atoms with Gasteiger partial charge in [0.15, 0.2) is 0 Å². The first-order valence-electron chi connectivity index (χ1n) is 8.60. The van der Waals surface area contributed by atoms with Crippen molar-refractivity contribution in [2.24, 2.45) is 5.92 Å². The lowest BCUT2D eigenvalue weighted by molar-refractivity contribution is -0.122. The fourth-order valence-corrected chi connectivity index (χ4v) is 3.21. The van der Waals surface area contributed by atoms with Crippen molar-refractivity contribution < 1.29 is 9.18 Å². The zero-order chi connectivity index (χ0) is 18.1. The predicted octanol–water partition coefficient (Wildman–Crippen LogP) is 3.13. The minimum absolute atomic E-state index is 0.0299. The maximum absolute atomic E-state index is 13.0. The molecule has 0 aliphatic heterocycles. The quantitative estimate of drug-likeness (QED) is 0.769. The van der Waals surface area contributed by atoms with Gasteiger partial charge in [0.2, 0.25) is 5.91 Å². The number of pyridine rings is 1. The summed E-state index contributed by atoms with van der Waals surface area (Å²) in [5.74, 6) is 1.59. The van der Waals surface area contributed by atoms with E-state index < -0.39 is 0 Å². The van der Waals surface area contributed by atoms with Gasteiger partial charge in [0.25, 0.3) is 0 Å². The number of benzene rings is 1. The number of halogens is 1. The zero-order valence-corrected chi connectivity index (χ0v) is 14.4. The van der Waals surface area contributed by atoms with Crippen LogP contribution in [0.1, 0.15) is 29.3 Å². The second kappa shape index (κ2) is 6.71. The molecule has 0 bridgehead atoms. The number of aryl methyl sites for hydroxylation is 1. The first-order valence-corrected chi connectivity index (χ1v) is 8.60. The summed E-state index contributed by atoms with van der Waals surface area (Å²) in [5, 5.41) is 2.99. The van der Waals surface area contributed by atoms with Crippen LogP contribution in [0.25, 0.3) is 5.82 Å². The number of hydrogen-bond acceptors (Lipinski definition) is 3. The lowest BCUT2D eigenvalue weighted by atomic mass is 10.1. The number of amides is 1. The fraction of sp³-hybridized carbons (Fsp3) is 0.250. The molecule has 2 unspecified atom stereocenters. The van der Waals surface area contributed by atoms with E-state index in [1.54, 1.807) is 24.5 Å². The van der Waals surface area contributed by atoms with E-state index in [2.05, 4.69) is 15.3 Å². The first-order chi connectivity index (χ1) is 12.6. The predicted molar refractivity (Wildman–Crippen MR) is 95.2 cm³/mol. The van der Waals surface area contributed by atoms with Gasteiger partial charge in [-0.25, -0.2) is 14.4 Å². The molecule has 1 saturated carbocycles. The van der Waals surface area contributed by atoms with Crippen LogP contribution >= 0.6 is 0 Å². The molecule has 2 heterocycles. The van der Waals surface area contributed by atoms with E-state index in [0.29, 0.717) is 6.54 Å². The van der Waals surface area contributed by atoms with E-state index in [9.17, 15) is 9.18 Å². The molecule has 6 heteroatoms. The molecule has 26 heavy (non-hydrogen) atoms. The van der Waals surface area contributed by atoms with Crippen molar-refractivity contribution in [2.45, 2.75) is 25.8 Å². The van der Waals surface area contributed by atoms with Crippen LogP contribution in [0.15, 0.2) is 55.0 Å². The molecule has 4 rings (SSSR count). The van der Waals surface area contributed by atoms with E-state index in [0.717, 1.165) is 29.2 Å². The Hall–Kier alpha value is -3.02. The van der Waals surface area contributed by atoms with Crippen molar-refractivity contribution in [1.29, 1.82) is 0 Å². The third-order valence-electron chi connectivity index (χ3n) is 4.77. The summed E-state index contributed by atoms with van der Waals surface area (Å²) in [5.41, 5.74) is 2.00. The summed E-state index contributed by atoms with van der Waals surface area (Å²) >= 11 is 0. The maximum Gasteiger partial charge on any atom is 0.224 e. The molecule has 1 aliphatic rings. The van der Waals surface area contributed by atoms with Gasteiger partial charge in [-0.05, 0) is 54.7 Å². The molecule has 3 aromatic rings. The highest BCUT2D eigenvalue weighted by molar-refractivity contribution is 5.82. The van der Waals surface area contributed by atoms with Crippen molar-refractivity contribution in [2.75, 3.05) is 0 Å². The Balaban J connectivity index is 1.37. The highest BCUT2D eigenvalue weighted by Crippen LogP contribution is 2.47. The van der Waals surface area contributed by atoms with E-state index in [1.165, 1.54) is 12.1 Å². The first kappa shape index (κ1) is 16.4. The SMILES string of the molecule is Cc1nccn1-c1cc(CNC(=O)C2CC2c2ccc(F)cc2)ccn1. The van der Waals surface area contributed by atoms with Crippen LogP contribution in [0, 0.1) is 18.7 Å². The minimum Gasteiger partial charge on any atom is -0.352 e. The number of nitrogens with zero attached hydrogens (tertiary/aromatic N) is 3. The summed E-state index contributed by atoms with van der Waals surface area (Å²) in [4.78, 5) is 20.9. The van der Waals surface area contributed by atoms with Gasteiger partial charge in [0, 0.05) is 31.1 Å². The van der Waals surface area contributed by atoms with Crippen LogP contribution in [0.2, 0.25) is 0 Å². The van der Waals surface area contributed by atoms with E-state index in [1.807, 2.05) is 29.8 Å². The second-order valence-electron chi connectivity index (χ2n) is 6.58. The summed E-state index contributed by atoms with van der Waals surface area (Å²) in [7, 11) is 0. The normalized spacial score (nSPS) is 18.5. The van der Waals surface area contributed by atoms with Crippen LogP contribution in [0.4, 0.5) is 4.39 Å². The number of rotatable bonds is 5. The number of carbonyl (C=O) groups is 1. The number of carbonyl (C=O) groups excluding carboxylic acids is 1. The van der Waals surface area contributed by atoms with Crippen molar-refractivity contribution >= 4 is 5.91 Å². The van der Waals surface area contributed by atoms with E-state index in [4.69, 9.17) is 0 Å². The Bertz CT molecular complexity index is 935. The van der Waals surface area contributed by atoms with Gasteiger partial charge in [0.05, 0.1) is 0 Å². The van der Waals surface area contributed by atoms with Gasteiger partial charge in [-0.1, -0.05) is 12.1 Å². The summed E-state index contributed by atoms with van der Waals surface area (Å²) in [6.07, 6.45) is 6.13. The molecule has 2 atom stereocenters. The maximum atomic E-state index is 13.0. The largest absolute Gasteiger partial charge is 0.352 e. The third-order valence-corrected chi connectivity index (χ3v) is 4.77. The Labute approximate surface area is 150 Å². The molecule has 0 radical (unpaired) electrons. The van der Waals surface area contributed by atoms with Crippen molar-refractivity contribution in [3.8, 4) is 5.82 Å². The van der Waals surface area contributed by atoms with Crippen LogP contribution in [-0.2, 0) is 11.3 Å². The Morgan fingerprint density at radius 3 is 2.77 bits per heavy atom. The molecule has 1 N–H and O–H groups in total. The Morgan fingerprint density at radius 2 is 2.04 bits per heavy atom. The average Bonchev–Trinajstić information content (AvgIpc) is 3.34. The molecule has 5 nitrogen and oxygen atoms in total. The number of aromatic nitrogens is 3. The molecular formula is C20H19FN4O. The topological polar surface area (TPSA) is 59.8 Å². The van der Waals surface area contributed by atoms with Crippen LogP contribution in [-0.4, -0.2) is 20.4 Å². The highest BCUT2D eigenvalue weighted by atomic mass is 19.1. The smallest absolute Gasteiger partial charge is 0.224 e. The summed E-state index contributed by atoms with van der Waals surface area (Å²) < 4.78 is 14.9. The minimum atomic E-state index is -0.253. The molecule has 132 valence electrons. The number of imidazole rings is 1. The monoisotopic (exact) mass is 350 g/mol. The van der Waals surface area contributed by atoms with Crippen molar-refractivity contribution in [1.82, 2.24) is 19.9 Å². The zero-order valence-electron chi connectivity index (χ0n) is 14.4. The molecule has 1 fully saturated rings. The van der Waals surface area contributed by atoms with Gasteiger partial charge in [-0.3, -0.25) is 9.36 Å². The Kier molecular flexibility index (Phi) is 4.24. The molecule has 0 spiro atoms. The molecular weight excluding hydrogens is 331 g/mol. The second-order valence-corrected chi connectivity index (χ2v) is 6.58. The molecule has 1 aromatic carbocycles. The van der Waals surface area contributed by atoms with Crippen molar-refractivity contribution in [3.05, 3.63) is 77.8 Å².